The Kier molecular flexibility index (Phi) is 8.04. The van der Waals surface area contributed by atoms with Gasteiger partial charge in [0.1, 0.15) is 18.4 Å². The molecular formula is C23H42N5O4+. The van der Waals surface area contributed by atoms with Crippen molar-refractivity contribution >= 4 is 11.8 Å². The number of methoxy groups -OCH3 is 2. The molecule has 3 saturated heterocycles. The van der Waals surface area contributed by atoms with Gasteiger partial charge in [0.05, 0.1) is 18.9 Å². The van der Waals surface area contributed by atoms with E-state index in [1.807, 2.05) is 4.90 Å². The van der Waals surface area contributed by atoms with E-state index in [1.165, 1.54) is 0 Å². The Labute approximate surface area is 191 Å². The molecule has 9 heteroatoms. The van der Waals surface area contributed by atoms with Crippen LogP contribution in [0.1, 0.15) is 51.4 Å². The summed E-state index contributed by atoms with van der Waals surface area (Å²) in [7, 11) is 3.45. The van der Waals surface area contributed by atoms with E-state index < -0.39 is 0 Å². The summed E-state index contributed by atoms with van der Waals surface area (Å²) in [6.07, 6.45) is 7.97. The molecule has 0 aromatic heterocycles. The van der Waals surface area contributed by atoms with E-state index in [-0.39, 0.29) is 42.1 Å². The van der Waals surface area contributed by atoms with Gasteiger partial charge >= 0.3 is 0 Å². The molecule has 0 bridgehead atoms. The van der Waals surface area contributed by atoms with Crippen molar-refractivity contribution in [3.8, 4) is 0 Å². The minimum absolute atomic E-state index is 0.00620. The lowest BCUT2D eigenvalue weighted by atomic mass is 9.80. The van der Waals surface area contributed by atoms with E-state index >= 15 is 0 Å². The van der Waals surface area contributed by atoms with Gasteiger partial charge in [-0.2, -0.15) is 0 Å². The Balaban J connectivity index is 1.42. The maximum atomic E-state index is 13.4. The van der Waals surface area contributed by atoms with Crippen LogP contribution in [0.25, 0.3) is 0 Å². The molecular weight excluding hydrogens is 410 g/mol. The van der Waals surface area contributed by atoms with Crippen LogP contribution in [0.4, 0.5) is 0 Å². The number of amides is 2. The average Bonchev–Trinajstić information content (AvgIpc) is 2.82. The van der Waals surface area contributed by atoms with Crippen molar-refractivity contribution in [2.24, 2.45) is 23.5 Å². The summed E-state index contributed by atoms with van der Waals surface area (Å²) < 4.78 is 10.8. The van der Waals surface area contributed by atoms with E-state index in [9.17, 15) is 9.59 Å². The first kappa shape index (κ1) is 23.9. The van der Waals surface area contributed by atoms with Gasteiger partial charge in [0.25, 0.3) is 0 Å². The van der Waals surface area contributed by atoms with Crippen molar-refractivity contribution in [3.05, 3.63) is 0 Å². The van der Waals surface area contributed by atoms with E-state index in [0.29, 0.717) is 38.1 Å². The number of piperidine rings is 2. The predicted octanol–water partition coefficient (Wildman–Crippen LogP) is -0.972. The van der Waals surface area contributed by atoms with Crippen LogP contribution in [0, 0.1) is 17.8 Å². The second kappa shape index (κ2) is 10.8. The highest BCUT2D eigenvalue weighted by Crippen LogP contribution is 2.30. The molecule has 0 aromatic rings. The summed E-state index contributed by atoms with van der Waals surface area (Å²) in [5, 5.41) is 6.90. The van der Waals surface area contributed by atoms with Gasteiger partial charge in [-0.15, -0.1) is 0 Å². The lowest BCUT2D eigenvalue weighted by molar-refractivity contribution is -0.965. The van der Waals surface area contributed by atoms with Gasteiger partial charge in [-0.3, -0.25) is 15.3 Å². The van der Waals surface area contributed by atoms with Gasteiger partial charge in [-0.1, -0.05) is 0 Å². The van der Waals surface area contributed by atoms with Crippen LogP contribution in [0.2, 0.25) is 0 Å². The molecule has 4 aliphatic rings. The molecule has 3 aliphatic heterocycles. The van der Waals surface area contributed by atoms with Crippen LogP contribution in [0.5, 0.6) is 0 Å². The van der Waals surface area contributed by atoms with Gasteiger partial charge < -0.3 is 24.6 Å². The van der Waals surface area contributed by atoms with Crippen molar-refractivity contribution in [1.29, 1.82) is 0 Å². The lowest BCUT2D eigenvalue weighted by Gasteiger charge is -2.52. The van der Waals surface area contributed by atoms with Crippen LogP contribution in [0.15, 0.2) is 0 Å². The standard InChI is InChI=1S/C23H41N5O4/c1-31-12-11-28-20(24)17(22(29)25-14-15-6-8-16(32-2)9-7-15)13-18-21(28)26-19-5-3-4-10-27(19)23(18)30/h15-21,26H,3-14,24H2,1-2H3,(H,25,29)/p+1. The first-order valence-corrected chi connectivity index (χ1v) is 12.5. The summed E-state index contributed by atoms with van der Waals surface area (Å²) in [5.41, 5.74) is 6.70. The second-order valence-corrected chi connectivity index (χ2v) is 10.1. The minimum Gasteiger partial charge on any atom is -0.381 e. The summed E-state index contributed by atoms with van der Waals surface area (Å²) in [6.45, 7) is 2.71. The molecule has 1 saturated carbocycles. The molecule has 0 aromatic carbocycles. The van der Waals surface area contributed by atoms with Crippen LogP contribution in [-0.4, -0.2) is 81.8 Å². The molecule has 4 rings (SSSR count). The van der Waals surface area contributed by atoms with Crippen molar-refractivity contribution in [1.82, 2.24) is 15.5 Å². The molecule has 3 heterocycles. The number of carbonyl (C=O) groups is 2. The summed E-state index contributed by atoms with van der Waals surface area (Å²) in [4.78, 5) is 29.7. The largest absolute Gasteiger partial charge is 0.381 e. The number of carbonyl (C=O) groups excluding carboxylic acids is 2. The Hall–Kier alpha value is -1.26. The number of nitrogens with two attached hydrogens (primary N) is 1. The fourth-order valence-electron chi connectivity index (χ4n) is 6.30. The fourth-order valence-corrected chi connectivity index (χ4v) is 6.30. The van der Waals surface area contributed by atoms with Crippen LogP contribution in [0.3, 0.4) is 0 Å². The molecule has 6 atom stereocenters. The number of quaternary nitrogens is 1. The normalized spacial score (nSPS) is 39.8. The van der Waals surface area contributed by atoms with E-state index in [1.54, 1.807) is 14.2 Å². The molecule has 0 spiro atoms. The Morgan fingerprint density at radius 2 is 2.00 bits per heavy atom. The van der Waals surface area contributed by atoms with E-state index in [4.69, 9.17) is 15.2 Å². The first-order valence-electron chi connectivity index (χ1n) is 12.5. The van der Waals surface area contributed by atoms with Crippen molar-refractivity contribution in [2.45, 2.75) is 76.0 Å². The van der Waals surface area contributed by atoms with Crippen molar-refractivity contribution < 1.29 is 24.0 Å². The smallest absolute Gasteiger partial charge is 0.234 e. The maximum absolute atomic E-state index is 13.4. The third-order valence-corrected chi connectivity index (χ3v) is 8.27. The highest BCUT2D eigenvalue weighted by Gasteiger charge is 2.55. The Bertz CT molecular complexity index is 656. The number of nitrogens with one attached hydrogen (secondary N) is 3. The van der Waals surface area contributed by atoms with Gasteiger partial charge in [-0.05, 0) is 57.3 Å². The lowest BCUT2D eigenvalue weighted by Crippen LogP contribution is -3.26. The third kappa shape index (κ3) is 4.97. The van der Waals surface area contributed by atoms with Crippen LogP contribution in [-0.2, 0) is 19.1 Å². The fraction of sp³-hybridized carbons (Fsp3) is 0.913. The number of ether oxygens (including phenoxy) is 2. The number of likely N-dealkylation sites (tertiary alicyclic amines) is 1. The molecule has 1 aliphatic carbocycles. The van der Waals surface area contributed by atoms with Crippen LogP contribution < -0.4 is 21.3 Å². The SMILES string of the molecule is COCC[NH+]1C(N)C(C(=O)NCC2CCC(OC)CC2)CC2C(=O)N3CCCCC3NC21. The molecule has 5 N–H and O–H groups in total. The van der Waals surface area contributed by atoms with Crippen LogP contribution >= 0.6 is 0 Å². The monoisotopic (exact) mass is 452 g/mol. The number of fused-ring (bicyclic) bond motifs is 2. The van der Waals surface area contributed by atoms with Gasteiger partial charge in [0.2, 0.25) is 11.8 Å². The topological polar surface area (TPSA) is 110 Å². The molecule has 6 unspecified atom stereocenters. The summed E-state index contributed by atoms with van der Waals surface area (Å²) >= 11 is 0. The average molecular weight is 453 g/mol. The van der Waals surface area contributed by atoms with Gasteiger partial charge in [-0.25, -0.2) is 5.32 Å². The maximum Gasteiger partial charge on any atom is 0.234 e. The molecule has 4 fully saturated rings. The highest BCUT2D eigenvalue weighted by atomic mass is 16.5. The predicted molar refractivity (Wildman–Crippen MR) is 119 cm³/mol. The summed E-state index contributed by atoms with van der Waals surface area (Å²) in [6, 6.07) is 0. The molecule has 182 valence electrons. The first-order chi connectivity index (χ1) is 15.5. The molecule has 2 amide bonds. The number of hydrogen-bond donors (Lipinski definition) is 4. The molecule has 32 heavy (non-hydrogen) atoms. The Morgan fingerprint density at radius 1 is 1.22 bits per heavy atom. The zero-order valence-electron chi connectivity index (χ0n) is 19.7. The van der Waals surface area contributed by atoms with E-state index in [0.717, 1.165) is 56.4 Å². The third-order valence-electron chi connectivity index (χ3n) is 8.27. The zero-order valence-corrected chi connectivity index (χ0v) is 19.7. The van der Waals surface area contributed by atoms with E-state index in [2.05, 4.69) is 10.6 Å². The summed E-state index contributed by atoms with van der Waals surface area (Å²) in [5.74, 6) is 0.0839. The number of hydrogen-bond acceptors (Lipinski definition) is 6. The van der Waals surface area contributed by atoms with Crippen molar-refractivity contribution in [3.63, 3.8) is 0 Å². The minimum atomic E-state index is -0.370. The van der Waals surface area contributed by atoms with Crippen molar-refractivity contribution in [2.75, 3.05) is 40.5 Å². The van der Waals surface area contributed by atoms with Gasteiger partial charge in [0, 0.05) is 27.3 Å². The second-order valence-electron chi connectivity index (χ2n) is 10.1. The quantitative estimate of drug-likeness (QED) is 0.396. The number of rotatable bonds is 7. The highest BCUT2D eigenvalue weighted by molar-refractivity contribution is 5.83. The zero-order chi connectivity index (χ0) is 22.7. The molecule has 9 nitrogen and oxygen atoms in total. The van der Waals surface area contributed by atoms with Gasteiger partial charge in [0.15, 0.2) is 12.3 Å². The number of nitrogens with zero attached hydrogens (tertiary/aromatic N) is 1. The molecule has 0 radical (unpaired) electrons. The Morgan fingerprint density at radius 3 is 2.72 bits per heavy atom.